The molecule has 3 aromatic rings. The van der Waals surface area contributed by atoms with E-state index in [2.05, 4.69) is 27.2 Å². The SMILES string of the molecule is COCCN(Cc1ccccc1)Cc1nc(-c2ccc(OC)cc2OC)no1. The molecule has 3 rings (SSSR count). The van der Waals surface area contributed by atoms with Crippen LogP contribution in [0.5, 0.6) is 11.5 Å². The van der Waals surface area contributed by atoms with E-state index < -0.39 is 0 Å². The molecule has 148 valence electrons. The first-order chi connectivity index (χ1) is 13.7. The molecular weight excluding hydrogens is 358 g/mol. The molecule has 2 aromatic carbocycles. The minimum absolute atomic E-state index is 0.487. The first-order valence-corrected chi connectivity index (χ1v) is 9.03. The Morgan fingerprint density at radius 3 is 2.50 bits per heavy atom. The van der Waals surface area contributed by atoms with Crippen LogP contribution in [-0.4, -0.2) is 49.5 Å². The molecule has 0 N–H and O–H groups in total. The van der Waals surface area contributed by atoms with Gasteiger partial charge in [-0.15, -0.1) is 0 Å². The second-order valence-electron chi connectivity index (χ2n) is 6.27. The van der Waals surface area contributed by atoms with Crippen LogP contribution in [0.1, 0.15) is 11.5 Å². The summed E-state index contributed by atoms with van der Waals surface area (Å²) < 4.78 is 21.4. The lowest BCUT2D eigenvalue weighted by atomic mass is 10.2. The van der Waals surface area contributed by atoms with Crippen LogP contribution in [-0.2, 0) is 17.8 Å². The largest absolute Gasteiger partial charge is 0.497 e. The summed E-state index contributed by atoms with van der Waals surface area (Å²) in [6.45, 7) is 2.69. The van der Waals surface area contributed by atoms with Crippen LogP contribution in [0.3, 0.4) is 0 Å². The molecular formula is C21H25N3O4. The molecule has 28 heavy (non-hydrogen) atoms. The molecule has 1 heterocycles. The highest BCUT2D eigenvalue weighted by atomic mass is 16.5. The van der Waals surface area contributed by atoms with Gasteiger partial charge < -0.3 is 18.7 Å². The Kier molecular flexibility index (Phi) is 7.00. The fourth-order valence-corrected chi connectivity index (χ4v) is 2.88. The number of aromatic nitrogens is 2. The van der Waals surface area contributed by atoms with Crippen molar-refractivity contribution in [3.63, 3.8) is 0 Å². The fourth-order valence-electron chi connectivity index (χ4n) is 2.88. The minimum atomic E-state index is 0.487. The zero-order valence-corrected chi connectivity index (χ0v) is 16.4. The topological polar surface area (TPSA) is 69.9 Å². The van der Waals surface area contributed by atoms with Gasteiger partial charge in [0.2, 0.25) is 11.7 Å². The second kappa shape index (κ2) is 9.87. The van der Waals surface area contributed by atoms with E-state index in [0.29, 0.717) is 36.4 Å². The average molecular weight is 383 g/mol. The van der Waals surface area contributed by atoms with E-state index in [4.69, 9.17) is 18.7 Å². The maximum atomic E-state index is 5.49. The van der Waals surface area contributed by atoms with E-state index in [9.17, 15) is 0 Å². The lowest BCUT2D eigenvalue weighted by molar-refractivity contribution is 0.131. The Morgan fingerprint density at radius 1 is 0.964 bits per heavy atom. The number of benzene rings is 2. The van der Waals surface area contributed by atoms with Crippen LogP contribution in [0.4, 0.5) is 0 Å². The predicted molar refractivity (Wildman–Crippen MR) is 105 cm³/mol. The molecule has 0 saturated heterocycles. The fraction of sp³-hybridized carbons (Fsp3) is 0.333. The van der Waals surface area contributed by atoms with Crippen molar-refractivity contribution in [2.24, 2.45) is 0 Å². The number of methoxy groups -OCH3 is 3. The Balaban J connectivity index is 1.76. The Labute approximate surface area is 164 Å². The van der Waals surface area contributed by atoms with Gasteiger partial charge in [-0.05, 0) is 17.7 Å². The Morgan fingerprint density at radius 2 is 1.79 bits per heavy atom. The van der Waals surface area contributed by atoms with E-state index in [1.54, 1.807) is 27.4 Å². The van der Waals surface area contributed by atoms with Crippen LogP contribution in [0.25, 0.3) is 11.4 Å². The molecule has 0 radical (unpaired) electrons. The van der Waals surface area contributed by atoms with Crippen molar-refractivity contribution in [3.8, 4) is 22.9 Å². The molecule has 7 nitrogen and oxygen atoms in total. The lowest BCUT2D eigenvalue weighted by Crippen LogP contribution is -2.26. The maximum absolute atomic E-state index is 5.49. The van der Waals surface area contributed by atoms with Crippen molar-refractivity contribution < 1.29 is 18.7 Å². The molecule has 0 amide bonds. The molecule has 0 aliphatic heterocycles. The van der Waals surface area contributed by atoms with Gasteiger partial charge in [0.25, 0.3) is 0 Å². The van der Waals surface area contributed by atoms with E-state index in [-0.39, 0.29) is 0 Å². The zero-order chi connectivity index (χ0) is 19.8. The van der Waals surface area contributed by atoms with Gasteiger partial charge in [-0.3, -0.25) is 4.90 Å². The van der Waals surface area contributed by atoms with Crippen LogP contribution < -0.4 is 9.47 Å². The number of hydrogen-bond acceptors (Lipinski definition) is 7. The highest BCUT2D eigenvalue weighted by molar-refractivity contribution is 5.65. The zero-order valence-electron chi connectivity index (χ0n) is 16.4. The van der Waals surface area contributed by atoms with Crippen LogP contribution in [0.15, 0.2) is 53.1 Å². The van der Waals surface area contributed by atoms with Crippen molar-refractivity contribution in [2.75, 3.05) is 34.5 Å². The van der Waals surface area contributed by atoms with Gasteiger partial charge in [0.05, 0.1) is 32.9 Å². The summed E-state index contributed by atoms with van der Waals surface area (Å²) in [5, 5.41) is 4.13. The smallest absolute Gasteiger partial charge is 0.241 e. The second-order valence-corrected chi connectivity index (χ2v) is 6.27. The van der Waals surface area contributed by atoms with Crippen molar-refractivity contribution in [2.45, 2.75) is 13.1 Å². The van der Waals surface area contributed by atoms with Gasteiger partial charge in [-0.25, -0.2) is 0 Å². The first kappa shape index (κ1) is 19.9. The lowest BCUT2D eigenvalue weighted by Gasteiger charge is -2.20. The standard InChI is InChI=1S/C21H25N3O4/c1-25-12-11-24(14-16-7-5-4-6-8-16)15-20-22-21(23-28-20)18-10-9-17(26-2)13-19(18)27-3/h4-10,13H,11-12,14-15H2,1-3H3. The molecule has 0 saturated carbocycles. The van der Waals surface area contributed by atoms with Crippen molar-refractivity contribution >= 4 is 0 Å². The molecule has 0 spiro atoms. The van der Waals surface area contributed by atoms with E-state index in [1.165, 1.54) is 5.56 Å². The minimum Gasteiger partial charge on any atom is -0.497 e. The van der Waals surface area contributed by atoms with Gasteiger partial charge in [-0.1, -0.05) is 35.5 Å². The molecule has 0 bridgehead atoms. The summed E-state index contributed by atoms with van der Waals surface area (Å²) in [4.78, 5) is 6.76. The number of nitrogens with zero attached hydrogens (tertiary/aromatic N) is 3. The van der Waals surface area contributed by atoms with Gasteiger partial charge in [0.1, 0.15) is 11.5 Å². The summed E-state index contributed by atoms with van der Waals surface area (Å²) in [5.74, 6) is 2.37. The van der Waals surface area contributed by atoms with Gasteiger partial charge in [0.15, 0.2) is 0 Å². The molecule has 7 heteroatoms. The van der Waals surface area contributed by atoms with Crippen LogP contribution in [0.2, 0.25) is 0 Å². The normalized spacial score (nSPS) is 11.0. The number of rotatable bonds is 10. The molecule has 0 atom stereocenters. The van der Waals surface area contributed by atoms with Gasteiger partial charge in [-0.2, -0.15) is 4.98 Å². The summed E-state index contributed by atoms with van der Waals surface area (Å²) in [5.41, 5.74) is 1.97. The van der Waals surface area contributed by atoms with Crippen molar-refractivity contribution in [1.29, 1.82) is 0 Å². The average Bonchev–Trinajstić information content (AvgIpc) is 3.20. The third kappa shape index (κ3) is 5.09. The van der Waals surface area contributed by atoms with Crippen molar-refractivity contribution in [3.05, 3.63) is 60.0 Å². The van der Waals surface area contributed by atoms with Crippen LogP contribution >= 0.6 is 0 Å². The summed E-state index contributed by atoms with van der Waals surface area (Å²) in [7, 11) is 4.91. The number of ether oxygens (including phenoxy) is 3. The molecule has 0 aliphatic rings. The van der Waals surface area contributed by atoms with Gasteiger partial charge >= 0.3 is 0 Å². The molecule has 0 unspecified atom stereocenters. The van der Waals surface area contributed by atoms with Crippen molar-refractivity contribution in [1.82, 2.24) is 15.0 Å². The first-order valence-electron chi connectivity index (χ1n) is 9.03. The predicted octanol–water partition coefficient (Wildman–Crippen LogP) is 3.40. The Bertz CT molecular complexity index is 867. The van der Waals surface area contributed by atoms with E-state index in [1.807, 2.05) is 30.3 Å². The monoisotopic (exact) mass is 383 g/mol. The molecule has 1 aromatic heterocycles. The summed E-state index contributed by atoms with van der Waals surface area (Å²) >= 11 is 0. The molecule has 0 aliphatic carbocycles. The van der Waals surface area contributed by atoms with Crippen LogP contribution in [0, 0.1) is 0 Å². The number of hydrogen-bond donors (Lipinski definition) is 0. The van der Waals surface area contributed by atoms with E-state index >= 15 is 0 Å². The summed E-state index contributed by atoms with van der Waals surface area (Å²) in [6, 6.07) is 15.8. The maximum Gasteiger partial charge on any atom is 0.241 e. The third-order valence-corrected chi connectivity index (χ3v) is 4.34. The highest BCUT2D eigenvalue weighted by Crippen LogP contribution is 2.31. The highest BCUT2D eigenvalue weighted by Gasteiger charge is 2.16. The third-order valence-electron chi connectivity index (χ3n) is 4.34. The Hall–Kier alpha value is -2.90. The van der Waals surface area contributed by atoms with E-state index in [0.717, 1.165) is 18.7 Å². The molecule has 0 fully saturated rings. The summed E-state index contributed by atoms with van der Waals surface area (Å²) in [6.07, 6.45) is 0. The van der Waals surface area contributed by atoms with Gasteiger partial charge in [0, 0.05) is 26.3 Å². The quantitative estimate of drug-likeness (QED) is 0.531.